The maximum absolute atomic E-state index is 5.90. The lowest BCUT2D eigenvalue weighted by Crippen LogP contribution is -2.08. The summed E-state index contributed by atoms with van der Waals surface area (Å²) in [5, 5.41) is 13.5. The van der Waals surface area contributed by atoms with Gasteiger partial charge in [0.05, 0.1) is 11.4 Å². The number of rotatable bonds is 2. The van der Waals surface area contributed by atoms with Crippen LogP contribution in [0.3, 0.4) is 0 Å². The zero-order chi connectivity index (χ0) is 15.0. The standard InChI is InChI=1S/C15H14ClN5/c1-9-8-10(2)21(20-9)15-17-11(3)14(18-19-15)12-4-6-13(16)7-5-12/h4-8H,1-3H3. The van der Waals surface area contributed by atoms with Crippen LogP contribution in [0.25, 0.3) is 17.2 Å². The Hall–Kier alpha value is -2.27. The van der Waals surface area contributed by atoms with Gasteiger partial charge in [-0.25, -0.2) is 9.67 Å². The number of hydrogen-bond donors (Lipinski definition) is 0. The van der Waals surface area contributed by atoms with E-state index in [1.165, 1.54) is 0 Å². The Morgan fingerprint density at radius 3 is 2.29 bits per heavy atom. The lowest BCUT2D eigenvalue weighted by Gasteiger charge is -2.06. The van der Waals surface area contributed by atoms with Gasteiger partial charge in [0.15, 0.2) is 0 Å². The fourth-order valence-electron chi connectivity index (χ4n) is 2.19. The summed E-state index contributed by atoms with van der Waals surface area (Å²) in [4.78, 5) is 4.51. The normalized spacial score (nSPS) is 10.9. The highest BCUT2D eigenvalue weighted by molar-refractivity contribution is 6.30. The van der Waals surface area contributed by atoms with Crippen LogP contribution in [0.2, 0.25) is 5.02 Å². The summed E-state index contributed by atoms with van der Waals surface area (Å²) in [7, 11) is 0. The molecule has 21 heavy (non-hydrogen) atoms. The molecule has 2 heterocycles. The van der Waals surface area contributed by atoms with Crippen LogP contribution in [-0.4, -0.2) is 25.0 Å². The highest BCUT2D eigenvalue weighted by Crippen LogP contribution is 2.21. The molecule has 0 aliphatic carbocycles. The molecule has 0 unspecified atom stereocenters. The van der Waals surface area contributed by atoms with E-state index in [0.29, 0.717) is 11.0 Å². The van der Waals surface area contributed by atoms with Crippen LogP contribution in [0, 0.1) is 20.8 Å². The zero-order valence-electron chi connectivity index (χ0n) is 12.0. The van der Waals surface area contributed by atoms with E-state index in [2.05, 4.69) is 20.3 Å². The number of aromatic nitrogens is 5. The first-order valence-corrected chi connectivity index (χ1v) is 6.93. The summed E-state index contributed by atoms with van der Waals surface area (Å²) in [5.74, 6) is 0.482. The third-order valence-corrected chi connectivity index (χ3v) is 3.42. The Balaban J connectivity index is 2.04. The van der Waals surface area contributed by atoms with Crippen LogP contribution < -0.4 is 0 Å². The molecule has 0 N–H and O–H groups in total. The van der Waals surface area contributed by atoms with Gasteiger partial charge in [-0.3, -0.25) is 0 Å². The average Bonchev–Trinajstić information content (AvgIpc) is 2.79. The molecule has 0 bridgehead atoms. The summed E-state index contributed by atoms with van der Waals surface area (Å²) < 4.78 is 1.70. The van der Waals surface area contributed by atoms with E-state index in [1.54, 1.807) is 4.68 Å². The van der Waals surface area contributed by atoms with E-state index in [9.17, 15) is 0 Å². The van der Waals surface area contributed by atoms with Gasteiger partial charge in [-0.15, -0.1) is 10.2 Å². The Bertz CT molecular complexity index is 792. The molecule has 6 heteroatoms. The minimum atomic E-state index is 0.482. The second-order valence-corrected chi connectivity index (χ2v) is 5.33. The summed E-state index contributed by atoms with van der Waals surface area (Å²) in [6, 6.07) is 9.44. The molecular weight excluding hydrogens is 286 g/mol. The summed E-state index contributed by atoms with van der Waals surface area (Å²) >= 11 is 5.90. The van der Waals surface area contributed by atoms with Crippen LogP contribution >= 0.6 is 11.6 Å². The van der Waals surface area contributed by atoms with E-state index < -0.39 is 0 Å². The number of benzene rings is 1. The van der Waals surface area contributed by atoms with Gasteiger partial charge in [0.2, 0.25) is 0 Å². The third kappa shape index (κ3) is 2.64. The average molecular weight is 300 g/mol. The molecule has 0 aliphatic heterocycles. The molecule has 0 atom stereocenters. The van der Waals surface area contributed by atoms with Gasteiger partial charge in [-0.05, 0) is 39.0 Å². The topological polar surface area (TPSA) is 56.5 Å². The predicted octanol–water partition coefficient (Wildman–Crippen LogP) is 3.30. The van der Waals surface area contributed by atoms with Gasteiger partial charge >= 0.3 is 0 Å². The van der Waals surface area contributed by atoms with Gasteiger partial charge in [-0.2, -0.15) is 5.10 Å². The minimum Gasteiger partial charge on any atom is -0.213 e. The molecule has 0 fully saturated rings. The van der Waals surface area contributed by atoms with Crippen molar-refractivity contribution < 1.29 is 0 Å². The molecule has 2 aromatic heterocycles. The van der Waals surface area contributed by atoms with Crippen molar-refractivity contribution >= 4 is 11.6 Å². The van der Waals surface area contributed by atoms with Crippen molar-refractivity contribution in [1.29, 1.82) is 0 Å². The second-order valence-electron chi connectivity index (χ2n) is 4.89. The summed E-state index contributed by atoms with van der Waals surface area (Å²) in [6.07, 6.45) is 0. The van der Waals surface area contributed by atoms with Crippen molar-refractivity contribution in [3.8, 4) is 17.2 Å². The first-order chi connectivity index (χ1) is 10.0. The van der Waals surface area contributed by atoms with Crippen LogP contribution in [-0.2, 0) is 0 Å². The van der Waals surface area contributed by atoms with Crippen molar-refractivity contribution in [3.63, 3.8) is 0 Å². The fraction of sp³-hybridized carbons (Fsp3) is 0.200. The van der Waals surface area contributed by atoms with E-state index in [-0.39, 0.29) is 0 Å². The molecule has 3 rings (SSSR count). The van der Waals surface area contributed by atoms with Crippen molar-refractivity contribution in [2.45, 2.75) is 20.8 Å². The van der Waals surface area contributed by atoms with Crippen LogP contribution in [0.5, 0.6) is 0 Å². The SMILES string of the molecule is Cc1cc(C)n(-c2nnc(-c3ccc(Cl)cc3)c(C)n2)n1. The van der Waals surface area contributed by atoms with E-state index in [1.807, 2.05) is 51.1 Å². The lowest BCUT2D eigenvalue weighted by atomic mass is 10.1. The van der Waals surface area contributed by atoms with Gasteiger partial charge in [-0.1, -0.05) is 23.7 Å². The highest BCUT2D eigenvalue weighted by atomic mass is 35.5. The lowest BCUT2D eigenvalue weighted by molar-refractivity contribution is 0.741. The quantitative estimate of drug-likeness (QED) is 0.728. The molecule has 106 valence electrons. The number of aryl methyl sites for hydroxylation is 3. The summed E-state index contributed by atoms with van der Waals surface area (Å²) in [6.45, 7) is 5.81. The Morgan fingerprint density at radius 2 is 1.71 bits per heavy atom. The molecule has 0 radical (unpaired) electrons. The first kappa shape index (κ1) is 13.7. The molecule has 1 aromatic carbocycles. The monoisotopic (exact) mass is 299 g/mol. The maximum Gasteiger partial charge on any atom is 0.270 e. The van der Waals surface area contributed by atoms with Gasteiger partial charge in [0, 0.05) is 16.3 Å². The number of hydrogen-bond acceptors (Lipinski definition) is 4. The number of halogens is 1. The van der Waals surface area contributed by atoms with Crippen molar-refractivity contribution in [3.05, 3.63) is 52.4 Å². The van der Waals surface area contributed by atoms with E-state index in [4.69, 9.17) is 11.6 Å². The molecule has 0 aliphatic rings. The predicted molar refractivity (Wildman–Crippen MR) is 81.6 cm³/mol. The smallest absolute Gasteiger partial charge is 0.213 e. The Labute approximate surface area is 127 Å². The molecule has 3 aromatic rings. The largest absolute Gasteiger partial charge is 0.270 e. The van der Waals surface area contributed by atoms with Gasteiger partial charge < -0.3 is 0 Å². The highest BCUT2D eigenvalue weighted by Gasteiger charge is 2.11. The molecule has 0 spiro atoms. The van der Waals surface area contributed by atoms with Crippen molar-refractivity contribution in [1.82, 2.24) is 25.0 Å². The van der Waals surface area contributed by atoms with Crippen LogP contribution in [0.4, 0.5) is 0 Å². The number of nitrogens with zero attached hydrogens (tertiary/aromatic N) is 5. The van der Waals surface area contributed by atoms with Crippen molar-refractivity contribution in [2.24, 2.45) is 0 Å². The second kappa shape index (κ2) is 5.26. The summed E-state index contributed by atoms with van der Waals surface area (Å²) in [5.41, 5.74) is 4.40. The fourth-order valence-corrected chi connectivity index (χ4v) is 2.31. The van der Waals surface area contributed by atoms with E-state index >= 15 is 0 Å². The van der Waals surface area contributed by atoms with Crippen LogP contribution in [0.15, 0.2) is 30.3 Å². The van der Waals surface area contributed by atoms with Crippen LogP contribution in [0.1, 0.15) is 17.1 Å². The minimum absolute atomic E-state index is 0.482. The molecule has 0 amide bonds. The maximum atomic E-state index is 5.90. The first-order valence-electron chi connectivity index (χ1n) is 6.55. The molecule has 0 saturated carbocycles. The van der Waals surface area contributed by atoms with E-state index in [0.717, 1.165) is 28.3 Å². The third-order valence-electron chi connectivity index (χ3n) is 3.17. The molecule has 5 nitrogen and oxygen atoms in total. The molecular formula is C15H14ClN5. The molecule has 0 saturated heterocycles. The van der Waals surface area contributed by atoms with Gasteiger partial charge in [0.25, 0.3) is 5.95 Å². The Kier molecular flexibility index (Phi) is 3.43. The van der Waals surface area contributed by atoms with Crippen molar-refractivity contribution in [2.75, 3.05) is 0 Å². The Morgan fingerprint density at radius 1 is 1.00 bits per heavy atom. The van der Waals surface area contributed by atoms with Gasteiger partial charge in [0.1, 0.15) is 5.69 Å². The zero-order valence-corrected chi connectivity index (χ0v) is 12.8.